The second kappa shape index (κ2) is 11.8. The Balaban J connectivity index is 1.90. The molecule has 8 heteroatoms. The molecular weight excluding hydrogens is 503 g/mol. The molecule has 0 aliphatic heterocycles. The maximum Gasteiger partial charge on any atom is 0.416 e. The Morgan fingerprint density at radius 2 is 1.69 bits per heavy atom. The molecule has 0 bridgehead atoms. The fourth-order valence-electron chi connectivity index (χ4n) is 4.83. The van der Waals surface area contributed by atoms with Crippen LogP contribution in [-0.4, -0.2) is 26.9 Å². The molecule has 0 aliphatic rings. The molecule has 1 unspecified atom stereocenters. The molecule has 5 nitrogen and oxygen atoms in total. The summed E-state index contributed by atoms with van der Waals surface area (Å²) in [4.78, 5) is 34.1. The summed E-state index contributed by atoms with van der Waals surface area (Å²) in [5.74, 6) is -0.182. The van der Waals surface area contributed by atoms with E-state index in [2.05, 4.69) is 0 Å². The molecule has 0 fully saturated rings. The van der Waals surface area contributed by atoms with Gasteiger partial charge in [-0.2, -0.15) is 13.2 Å². The number of carbonyl (C=O) groups is 1. The first-order valence-electron chi connectivity index (χ1n) is 13.3. The van der Waals surface area contributed by atoms with Gasteiger partial charge in [-0.05, 0) is 61.7 Å². The highest BCUT2D eigenvalue weighted by Gasteiger charge is 2.33. The van der Waals surface area contributed by atoms with Gasteiger partial charge in [0.05, 0.1) is 28.2 Å². The van der Waals surface area contributed by atoms with Crippen molar-refractivity contribution < 1.29 is 18.0 Å². The van der Waals surface area contributed by atoms with Gasteiger partial charge in [0, 0.05) is 12.1 Å². The highest BCUT2D eigenvalue weighted by Crippen LogP contribution is 2.31. The van der Waals surface area contributed by atoms with Gasteiger partial charge in [0.2, 0.25) is 0 Å². The number of halogens is 3. The van der Waals surface area contributed by atoms with Gasteiger partial charge in [-0.3, -0.25) is 14.2 Å². The van der Waals surface area contributed by atoms with Crippen LogP contribution in [0.25, 0.3) is 16.6 Å². The van der Waals surface area contributed by atoms with Crippen molar-refractivity contribution in [1.29, 1.82) is 0 Å². The summed E-state index contributed by atoms with van der Waals surface area (Å²) in [7, 11) is 0. The molecule has 0 aliphatic carbocycles. The van der Waals surface area contributed by atoms with E-state index in [1.54, 1.807) is 35.8 Å². The van der Waals surface area contributed by atoms with Gasteiger partial charge >= 0.3 is 6.18 Å². The summed E-state index contributed by atoms with van der Waals surface area (Å²) in [6, 6.07) is 18.3. The number of para-hydroxylation sites is 2. The van der Waals surface area contributed by atoms with Crippen molar-refractivity contribution in [2.24, 2.45) is 0 Å². The number of benzene rings is 3. The lowest BCUT2D eigenvalue weighted by molar-refractivity contribution is -0.137. The minimum Gasteiger partial charge on any atom is -0.329 e. The number of nitrogens with zero attached hydrogens (tertiary/aromatic N) is 3. The summed E-state index contributed by atoms with van der Waals surface area (Å²) < 4.78 is 41.9. The van der Waals surface area contributed by atoms with Crippen LogP contribution in [0.1, 0.15) is 73.4 Å². The van der Waals surface area contributed by atoms with Gasteiger partial charge in [0.15, 0.2) is 0 Å². The molecule has 0 radical (unpaired) electrons. The lowest BCUT2D eigenvalue weighted by atomic mass is 10.1. The average Bonchev–Trinajstić information content (AvgIpc) is 2.94. The number of aromatic nitrogens is 2. The number of rotatable bonds is 9. The fourth-order valence-corrected chi connectivity index (χ4v) is 4.83. The Bertz CT molecular complexity index is 1530. The maximum absolute atomic E-state index is 13.9. The monoisotopic (exact) mass is 535 g/mol. The molecule has 1 atom stereocenters. The van der Waals surface area contributed by atoms with Gasteiger partial charge in [0.1, 0.15) is 5.82 Å². The summed E-state index contributed by atoms with van der Waals surface area (Å²) >= 11 is 0. The first kappa shape index (κ1) is 28.1. The van der Waals surface area contributed by atoms with Crippen LogP contribution in [0, 0.1) is 0 Å². The molecule has 1 amide bonds. The zero-order valence-corrected chi connectivity index (χ0v) is 22.3. The van der Waals surface area contributed by atoms with E-state index in [4.69, 9.17) is 4.98 Å². The number of fused-ring (bicyclic) bond motifs is 1. The SMILES string of the molecule is CCCCCN(C(=O)c1cccc(C(F)(F)F)c1)C(C)c1nc2ccccc2c(=O)n1-c1ccccc1CC. The van der Waals surface area contributed by atoms with Crippen molar-refractivity contribution in [3.63, 3.8) is 0 Å². The zero-order valence-electron chi connectivity index (χ0n) is 22.3. The minimum absolute atomic E-state index is 0.0585. The minimum atomic E-state index is -4.57. The Morgan fingerprint density at radius 3 is 2.41 bits per heavy atom. The Kier molecular flexibility index (Phi) is 8.53. The van der Waals surface area contributed by atoms with Gasteiger partial charge in [0.25, 0.3) is 11.5 Å². The third-order valence-corrected chi connectivity index (χ3v) is 6.96. The van der Waals surface area contributed by atoms with Crippen LogP contribution in [0.4, 0.5) is 13.2 Å². The van der Waals surface area contributed by atoms with E-state index in [-0.39, 0.29) is 11.1 Å². The quantitative estimate of drug-likeness (QED) is 0.210. The Labute approximate surface area is 225 Å². The molecule has 1 heterocycles. The number of carbonyl (C=O) groups excluding carboxylic acids is 1. The summed E-state index contributed by atoms with van der Waals surface area (Å²) in [5.41, 5.74) is 0.902. The fraction of sp³-hybridized carbons (Fsp3) is 0.323. The zero-order chi connectivity index (χ0) is 28.2. The van der Waals surface area contributed by atoms with Crippen molar-refractivity contribution >= 4 is 16.8 Å². The van der Waals surface area contributed by atoms with Crippen molar-refractivity contribution in [1.82, 2.24) is 14.5 Å². The highest BCUT2D eigenvalue weighted by molar-refractivity contribution is 5.94. The molecule has 4 rings (SSSR count). The van der Waals surface area contributed by atoms with E-state index in [9.17, 15) is 22.8 Å². The number of aryl methyl sites for hydroxylation is 1. The molecule has 4 aromatic rings. The first-order valence-corrected chi connectivity index (χ1v) is 13.3. The normalized spacial score (nSPS) is 12.5. The van der Waals surface area contributed by atoms with Gasteiger partial charge in [-0.25, -0.2) is 4.98 Å². The van der Waals surface area contributed by atoms with E-state index >= 15 is 0 Å². The molecule has 0 saturated heterocycles. The van der Waals surface area contributed by atoms with Crippen LogP contribution in [0.2, 0.25) is 0 Å². The first-order chi connectivity index (χ1) is 18.7. The summed E-state index contributed by atoms with van der Waals surface area (Å²) in [6.07, 6.45) is -1.49. The van der Waals surface area contributed by atoms with Crippen LogP contribution in [-0.2, 0) is 12.6 Å². The van der Waals surface area contributed by atoms with E-state index < -0.39 is 23.7 Å². The lowest BCUT2D eigenvalue weighted by Crippen LogP contribution is -2.38. The smallest absolute Gasteiger partial charge is 0.329 e. The van der Waals surface area contributed by atoms with Crippen molar-refractivity contribution in [3.05, 3.63) is 106 Å². The predicted molar refractivity (Wildman–Crippen MR) is 147 cm³/mol. The molecule has 204 valence electrons. The molecule has 39 heavy (non-hydrogen) atoms. The molecule has 1 aromatic heterocycles. The Morgan fingerprint density at radius 1 is 0.974 bits per heavy atom. The van der Waals surface area contributed by atoms with Crippen LogP contribution in [0.3, 0.4) is 0 Å². The van der Waals surface area contributed by atoms with Gasteiger partial charge in [-0.15, -0.1) is 0 Å². The topological polar surface area (TPSA) is 55.2 Å². The number of hydrogen-bond donors (Lipinski definition) is 0. The van der Waals surface area contributed by atoms with E-state index in [0.717, 1.165) is 30.5 Å². The second-order valence-corrected chi connectivity index (χ2v) is 9.57. The average molecular weight is 536 g/mol. The van der Waals surface area contributed by atoms with E-state index in [0.29, 0.717) is 41.8 Å². The van der Waals surface area contributed by atoms with Crippen LogP contribution >= 0.6 is 0 Å². The lowest BCUT2D eigenvalue weighted by Gasteiger charge is -2.31. The number of hydrogen-bond acceptors (Lipinski definition) is 3. The second-order valence-electron chi connectivity index (χ2n) is 9.57. The van der Waals surface area contributed by atoms with Gasteiger partial charge in [-0.1, -0.05) is 63.1 Å². The predicted octanol–water partition coefficient (Wildman–Crippen LogP) is 7.36. The summed E-state index contributed by atoms with van der Waals surface area (Å²) in [6.45, 7) is 6.11. The third-order valence-electron chi connectivity index (χ3n) is 6.96. The molecule has 0 N–H and O–H groups in total. The Hall–Kier alpha value is -3.94. The number of alkyl halides is 3. The molecule has 0 saturated carbocycles. The molecular formula is C31H32F3N3O2. The number of amides is 1. The van der Waals surface area contributed by atoms with Crippen molar-refractivity contribution in [3.8, 4) is 5.69 Å². The van der Waals surface area contributed by atoms with Crippen molar-refractivity contribution in [2.45, 2.75) is 58.7 Å². The maximum atomic E-state index is 13.9. The third kappa shape index (κ3) is 5.90. The standard InChI is InChI=1S/C31H32F3N3O2/c1-4-6-11-19-36(29(38)23-14-12-15-24(20-23)31(32,33)34)21(3)28-35-26-17-9-8-16-25(26)30(39)37(28)27-18-10-7-13-22(27)5-2/h7-10,12-18,20-21H,4-6,11,19H2,1-3H3. The molecule has 3 aromatic carbocycles. The van der Waals surface area contributed by atoms with Crippen molar-refractivity contribution in [2.75, 3.05) is 6.54 Å². The highest BCUT2D eigenvalue weighted by atomic mass is 19.4. The van der Waals surface area contributed by atoms with E-state index in [1.807, 2.05) is 38.1 Å². The van der Waals surface area contributed by atoms with Crippen LogP contribution in [0.15, 0.2) is 77.6 Å². The molecule has 0 spiro atoms. The summed E-state index contributed by atoms with van der Waals surface area (Å²) in [5, 5.41) is 0.445. The number of unbranched alkanes of at least 4 members (excludes halogenated alkanes) is 2. The largest absolute Gasteiger partial charge is 0.416 e. The van der Waals surface area contributed by atoms with Crippen LogP contribution in [0.5, 0.6) is 0 Å². The van der Waals surface area contributed by atoms with E-state index in [1.165, 1.54) is 17.0 Å². The van der Waals surface area contributed by atoms with Crippen LogP contribution < -0.4 is 5.56 Å². The van der Waals surface area contributed by atoms with Gasteiger partial charge < -0.3 is 4.90 Å².